The zero-order valence-corrected chi connectivity index (χ0v) is 12.1. The van der Waals surface area contributed by atoms with Crippen molar-refractivity contribution < 1.29 is 27.4 Å². The van der Waals surface area contributed by atoms with Gasteiger partial charge in [0.15, 0.2) is 6.61 Å². The van der Waals surface area contributed by atoms with E-state index >= 15 is 0 Å². The predicted octanol–water partition coefficient (Wildman–Crippen LogP) is 3.20. The van der Waals surface area contributed by atoms with Crippen LogP contribution in [0.25, 0.3) is 0 Å². The molecule has 5 nitrogen and oxygen atoms in total. The third-order valence-corrected chi connectivity index (χ3v) is 3.66. The Morgan fingerprint density at radius 3 is 2.55 bits per heavy atom. The first kappa shape index (κ1) is 16.9. The molecular formula is C11H13ClF2NO4P. The standard InChI is InChI=1S/C11H13ClF2NO4P/c1-8(11(16)18-7-10(13)14)15-20(12,17)19-9-5-3-2-4-6-9/h2-6,8,10H,7H2,1H3,(H,15,17)/t8-,20?/m0/s1. The highest BCUT2D eigenvalue weighted by molar-refractivity contribution is 7.84. The summed E-state index contributed by atoms with van der Waals surface area (Å²) in [7, 11) is 0. The minimum absolute atomic E-state index is 0.242. The average Bonchev–Trinajstić information content (AvgIpc) is 2.35. The number of alkyl halides is 2. The number of ether oxygens (including phenoxy) is 1. The molecule has 0 radical (unpaired) electrons. The van der Waals surface area contributed by atoms with Crippen molar-refractivity contribution in [1.29, 1.82) is 0 Å². The zero-order valence-electron chi connectivity index (χ0n) is 10.5. The smallest absolute Gasteiger partial charge is 0.409 e. The molecule has 2 atom stereocenters. The number of esters is 1. The minimum atomic E-state index is -3.84. The zero-order chi connectivity index (χ0) is 15.2. The lowest BCUT2D eigenvalue weighted by Crippen LogP contribution is -2.34. The second-order valence-electron chi connectivity index (χ2n) is 3.76. The Bertz CT molecular complexity index is 489. The number of carbonyl (C=O) groups excluding carboxylic acids is 1. The third kappa shape index (κ3) is 6.32. The van der Waals surface area contributed by atoms with Crippen LogP contribution in [0.2, 0.25) is 0 Å². The second kappa shape index (κ2) is 7.57. The Morgan fingerprint density at radius 2 is 2.00 bits per heavy atom. The van der Waals surface area contributed by atoms with Gasteiger partial charge in [0.1, 0.15) is 11.8 Å². The van der Waals surface area contributed by atoms with Crippen LogP contribution in [0, 0.1) is 0 Å². The number of hydrogen-bond donors (Lipinski definition) is 1. The van der Waals surface area contributed by atoms with Gasteiger partial charge >= 0.3 is 12.8 Å². The van der Waals surface area contributed by atoms with E-state index in [2.05, 4.69) is 9.82 Å². The minimum Gasteiger partial charge on any atom is -0.458 e. The quantitative estimate of drug-likeness (QED) is 0.615. The maximum atomic E-state index is 11.9. The number of hydrogen-bond acceptors (Lipinski definition) is 4. The number of benzene rings is 1. The van der Waals surface area contributed by atoms with Gasteiger partial charge in [0.2, 0.25) is 0 Å². The first-order valence-corrected chi connectivity index (χ1v) is 8.10. The van der Waals surface area contributed by atoms with Crippen LogP contribution in [0.5, 0.6) is 5.75 Å². The highest BCUT2D eigenvalue weighted by Gasteiger charge is 2.28. The molecule has 0 saturated carbocycles. The van der Waals surface area contributed by atoms with E-state index in [4.69, 9.17) is 15.8 Å². The highest BCUT2D eigenvalue weighted by Crippen LogP contribution is 2.48. The van der Waals surface area contributed by atoms with Crippen molar-refractivity contribution in [1.82, 2.24) is 5.09 Å². The molecule has 0 aliphatic carbocycles. The van der Waals surface area contributed by atoms with E-state index in [0.717, 1.165) is 0 Å². The molecule has 0 fully saturated rings. The Morgan fingerprint density at radius 1 is 1.40 bits per heavy atom. The van der Waals surface area contributed by atoms with E-state index < -0.39 is 31.9 Å². The van der Waals surface area contributed by atoms with E-state index in [9.17, 15) is 18.1 Å². The van der Waals surface area contributed by atoms with E-state index in [1.165, 1.54) is 19.1 Å². The normalized spacial score (nSPS) is 15.4. The summed E-state index contributed by atoms with van der Waals surface area (Å²) in [6, 6.07) is 6.91. The number of carbonyl (C=O) groups is 1. The van der Waals surface area contributed by atoms with Crippen LogP contribution < -0.4 is 9.61 Å². The lowest BCUT2D eigenvalue weighted by molar-refractivity contribution is -0.149. The van der Waals surface area contributed by atoms with Gasteiger partial charge in [-0.25, -0.2) is 18.4 Å². The van der Waals surface area contributed by atoms with Gasteiger partial charge in [-0.1, -0.05) is 18.2 Å². The van der Waals surface area contributed by atoms with Crippen molar-refractivity contribution in [3.63, 3.8) is 0 Å². The number of para-hydroxylation sites is 1. The van der Waals surface area contributed by atoms with Gasteiger partial charge in [-0.2, -0.15) is 0 Å². The van der Waals surface area contributed by atoms with Crippen LogP contribution in [0.4, 0.5) is 8.78 Å². The monoisotopic (exact) mass is 327 g/mol. The van der Waals surface area contributed by atoms with E-state index in [-0.39, 0.29) is 5.75 Å². The fraction of sp³-hybridized carbons (Fsp3) is 0.364. The molecule has 0 bridgehead atoms. The molecule has 1 unspecified atom stereocenters. The summed E-state index contributed by atoms with van der Waals surface area (Å²) in [6.07, 6.45) is -2.77. The predicted molar refractivity (Wildman–Crippen MR) is 70.1 cm³/mol. The van der Waals surface area contributed by atoms with Crippen LogP contribution in [0.1, 0.15) is 6.92 Å². The van der Waals surface area contributed by atoms with Crippen molar-refractivity contribution >= 4 is 24.1 Å². The van der Waals surface area contributed by atoms with Crippen LogP contribution in [0.3, 0.4) is 0 Å². The fourth-order valence-electron chi connectivity index (χ4n) is 1.20. The highest BCUT2D eigenvalue weighted by atomic mass is 35.7. The molecule has 1 aromatic carbocycles. The first-order valence-electron chi connectivity index (χ1n) is 5.57. The van der Waals surface area contributed by atoms with E-state index in [0.29, 0.717) is 0 Å². The maximum absolute atomic E-state index is 11.9. The molecule has 0 saturated heterocycles. The summed E-state index contributed by atoms with van der Waals surface area (Å²) in [5, 5.41) is 2.21. The second-order valence-corrected chi connectivity index (χ2v) is 6.49. The molecule has 0 amide bonds. The summed E-state index contributed by atoms with van der Waals surface area (Å²) in [4.78, 5) is 11.3. The molecule has 20 heavy (non-hydrogen) atoms. The lowest BCUT2D eigenvalue weighted by Gasteiger charge is -2.18. The number of rotatable bonds is 7. The van der Waals surface area contributed by atoms with Crippen LogP contribution in [-0.4, -0.2) is 25.0 Å². The fourth-order valence-corrected chi connectivity index (χ4v) is 2.89. The van der Waals surface area contributed by atoms with Gasteiger partial charge in [-0.15, -0.1) is 0 Å². The molecule has 9 heteroatoms. The molecule has 0 aliphatic rings. The van der Waals surface area contributed by atoms with Crippen molar-refractivity contribution in [2.75, 3.05) is 6.61 Å². The maximum Gasteiger partial charge on any atom is 0.409 e. The molecule has 0 spiro atoms. The van der Waals surface area contributed by atoms with Crippen LogP contribution in [-0.2, 0) is 14.1 Å². The molecular weight excluding hydrogens is 315 g/mol. The largest absolute Gasteiger partial charge is 0.458 e. The Hall–Kier alpha value is -1.17. The summed E-state index contributed by atoms with van der Waals surface area (Å²) in [5.74, 6) is -0.755. The Labute approximate surface area is 119 Å². The molecule has 0 heterocycles. The summed E-state index contributed by atoms with van der Waals surface area (Å²) in [5.41, 5.74) is 0. The SMILES string of the molecule is C[C@H](NP(=O)(Cl)Oc1ccccc1)C(=O)OCC(F)F. The van der Waals surface area contributed by atoms with Gasteiger partial charge in [0.05, 0.1) is 0 Å². The van der Waals surface area contributed by atoms with Crippen molar-refractivity contribution in [3.8, 4) is 5.75 Å². The van der Waals surface area contributed by atoms with Gasteiger partial charge < -0.3 is 9.26 Å². The number of nitrogens with one attached hydrogen (secondary N) is 1. The lowest BCUT2D eigenvalue weighted by atomic mass is 10.3. The van der Waals surface area contributed by atoms with Gasteiger partial charge in [-0.05, 0) is 19.1 Å². The summed E-state index contributed by atoms with van der Waals surface area (Å²) < 4.78 is 45.0. The summed E-state index contributed by atoms with van der Waals surface area (Å²) in [6.45, 7) is -3.59. The molecule has 1 rings (SSSR count). The van der Waals surface area contributed by atoms with E-state index in [1.807, 2.05) is 0 Å². The van der Waals surface area contributed by atoms with Crippen LogP contribution >= 0.6 is 18.1 Å². The summed E-state index contributed by atoms with van der Waals surface area (Å²) >= 11 is 5.64. The molecule has 1 N–H and O–H groups in total. The van der Waals surface area contributed by atoms with Crippen LogP contribution in [0.15, 0.2) is 30.3 Å². The number of halogens is 3. The van der Waals surface area contributed by atoms with Gasteiger partial charge in [0.25, 0.3) is 6.43 Å². The third-order valence-electron chi connectivity index (χ3n) is 2.02. The van der Waals surface area contributed by atoms with Crippen molar-refractivity contribution in [2.24, 2.45) is 0 Å². The van der Waals surface area contributed by atoms with Crippen molar-refractivity contribution in [3.05, 3.63) is 30.3 Å². The molecule has 112 valence electrons. The molecule has 0 aliphatic heterocycles. The first-order chi connectivity index (χ1) is 9.30. The van der Waals surface area contributed by atoms with Gasteiger partial charge in [-0.3, -0.25) is 4.79 Å². The topological polar surface area (TPSA) is 64.6 Å². The average molecular weight is 328 g/mol. The van der Waals surface area contributed by atoms with E-state index in [1.54, 1.807) is 18.2 Å². The van der Waals surface area contributed by atoms with Crippen molar-refractivity contribution in [2.45, 2.75) is 19.4 Å². The Kier molecular flexibility index (Phi) is 6.39. The molecule has 1 aromatic rings. The Balaban J connectivity index is 2.53. The molecule has 0 aromatic heterocycles. The van der Waals surface area contributed by atoms with Gasteiger partial charge in [0, 0.05) is 11.2 Å².